The lowest BCUT2D eigenvalue weighted by Gasteiger charge is -2.08. The van der Waals surface area contributed by atoms with Crippen molar-refractivity contribution in [3.05, 3.63) is 58.2 Å². The number of hydrogen-bond donors (Lipinski definition) is 2. The number of amides is 1. The third-order valence-corrected chi connectivity index (χ3v) is 5.16. The summed E-state index contributed by atoms with van der Waals surface area (Å²) in [6, 6.07) is 6.67. The molecule has 0 spiro atoms. The van der Waals surface area contributed by atoms with Crippen LogP contribution in [0.3, 0.4) is 0 Å². The minimum atomic E-state index is -0.438. The maximum absolute atomic E-state index is 13.6. The monoisotopic (exact) mass is 392 g/mol. The molecule has 0 saturated carbocycles. The number of rotatable bonds is 9. The van der Waals surface area contributed by atoms with E-state index in [4.69, 9.17) is 4.74 Å². The minimum absolute atomic E-state index is 0.213. The molecule has 27 heavy (non-hydrogen) atoms. The smallest absolute Gasteiger partial charge is 0.339 e. The maximum Gasteiger partial charge on any atom is 0.339 e. The molecule has 0 atom stereocenters. The van der Waals surface area contributed by atoms with Gasteiger partial charge in [-0.1, -0.05) is 31.5 Å². The van der Waals surface area contributed by atoms with E-state index in [-0.39, 0.29) is 11.7 Å². The van der Waals surface area contributed by atoms with Gasteiger partial charge in [-0.2, -0.15) is 11.8 Å². The van der Waals surface area contributed by atoms with Gasteiger partial charge in [0.2, 0.25) is 0 Å². The number of ether oxygens (including phenoxy) is 1. The van der Waals surface area contributed by atoms with E-state index in [1.165, 1.54) is 13.2 Å². The van der Waals surface area contributed by atoms with Crippen LogP contribution >= 0.6 is 11.8 Å². The van der Waals surface area contributed by atoms with Crippen LogP contribution in [0.4, 0.5) is 4.39 Å². The summed E-state index contributed by atoms with van der Waals surface area (Å²) in [6.07, 6.45) is 1.42. The molecule has 2 N–H and O–H groups in total. The Morgan fingerprint density at radius 2 is 2.04 bits per heavy atom. The van der Waals surface area contributed by atoms with Crippen molar-refractivity contribution in [2.75, 3.05) is 19.4 Å². The van der Waals surface area contributed by atoms with Crippen LogP contribution in [-0.2, 0) is 16.9 Å². The average Bonchev–Trinajstić information content (AvgIpc) is 2.98. The highest BCUT2D eigenvalue weighted by atomic mass is 32.2. The number of carbonyl (C=O) groups excluding carboxylic acids is 2. The van der Waals surface area contributed by atoms with E-state index in [9.17, 15) is 14.0 Å². The standard InChI is InChI=1S/C20H25FN2O3S/c1-4-7-15-17(20(25)26-3)13(2)23-18(15)19(24)22-10-11-27-12-14-8-5-6-9-16(14)21/h5-6,8-9,23H,4,7,10-12H2,1-3H3,(H,22,24). The van der Waals surface area contributed by atoms with Crippen LogP contribution in [0.25, 0.3) is 0 Å². The molecular formula is C20H25FN2O3S. The van der Waals surface area contributed by atoms with E-state index in [0.29, 0.717) is 52.5 Å². The fourth-order valence-corrected chi connectivity index (χ4v) is 3.72. The van der Waals surface area contributed by atoms with Gasteiger partial charge < -0.3 is 15.0 Å². The van der Waals surface area contributed by atoms with E-state index < -0.39 is 5.97 Å². The Kier molecular flexibility index (Phi) is 7.91. The minimum Gasteiger partial charge on any atom is -0.465 e. The molecule has 1 heterocycles. The highest BCUT2D eigenvalue weighted by Gasteiger charge is 2.24. The Labute approximate surface area is 163 Å². The van der Waals surface area contributed by atoms with E-state index in [0.717, 1.165) is 6.42 Å². The van der Waals surface area contributed by atoms with Crippen molar-refractivity contribution in [1.82, 2.24) is 10.3 Å². The van der Waals surface area contributed by atoms with E-state index in [1.54, 1.807) is 30.8 Å². The Bertz CT molecular complexity index is 805. The van der Waals surface area contributed by atoms with Gasteiger partial charge >= 0.3 is 5.97 Å². The number of H-pyrrole nitrogens is 1. The van der Waals surface area contributed by atoms with Gasteiger partial charge in [-0.05, 0) is 30.5 Å². The van der Waals surface area contributed by atoms with E-state index >= 15 is 0 Å². The molecule has 7 heteroatoms. The average molecular weight is 392 g/mol. The van der Waals surface area contributed by atoms with Crippen LogP contribution in [-0.4, -0.2) is 36.3 Å². The highest BCUT2D eigenvalue weighted by molar-refractivity contribution is 7.98. The first-order valence-corrected chi connectivity index (χ1v) is 10.0. The number of nitrogens with one attached hydrogen (secondary N) is 2. The second-order valence-corrected chi connectivity index (χ2v) is 7.23. The zero-order valence-corrected chi connectivity index (χ0v) is 16.7. The molecule has 0 aliphatic rings. The van der Waals surface area contributed by atoms with Crippen LogP contribution in [0.2, 0.25) is 0 Å². The van der Waals surface area contributed by atoms with Crippen LogP contribution in [0, 0.1) is 12.7 Å². The molecule has 0 fully saturated rings. The Morgan fingerprint density at radius 3 is 2.70 bits per heavy atom. The number of hydrogen-bond acceptors (Lipinski definition) is 4. The Hall–Kier alpha value is -2.28. The topological polar surface area (TPSA) is 71.2 Å². The first-order valence-electron chi connectivity index (χ1n) is 8.88. The van der Waals surface area contributed by atoms with E-state index in [2.05, 4.69) is 10.3 Å². The fourth-order valence-electron chi connectivity index (χ4n) is 2.87. The van der Waals surface area contributed by atoms with Gasteiger partial charge in [0.25, 0.3) is 5.91 Å². The molecule has 5 nitrogen and oxygen atoms in total. The summed E-state index contributed by atoms with van der Waals surface area (Å²) in [5.41, 5.74) is 2.83. The maximum atomic E-state index is 13.6. The van der Waals surface area contributed by atoms with Gasteiger partial charge in [0.1, 0.15) is 11.5 Å². The number of carbonyl (C=O) groups is 2. The number of halogens is 1. The zero-order valence-electron chi connectivity index (χ0n) is 15.9. The lowest BCUT2D eigenvalue weighted by atomic mass is 10.0. The number of thioether (sulfide) groups is 1. The third kappa shape index (κ3) is 5.35. The molecule has 0 aliphatic heterocycles. The van der Waals surface area contributed by atoms with Crippen LogP contribution in [0.15, 0.2) is 24.3 Å². The number of esters is 1. The first-order chi connectivity index (χ1) is 13.0. The fraction of sp³-hybridized carbons (Fsp3) is 0.400. The molecule has 2 rings (SSSR count). The lowest BCUT2D eigenvalue weighted by molar-refractivity contribution is 0.0599. The second kappa shape index (κ2) is 10.2. The molecule has 0 unspecified atom stereocenters. The van der Waals surface area contributed by atoms with Crippen molar-refractivity contribution in [3.63, 3.8) is 0 Å². The summed E-state index contributed by atoms with van der Waals surface area (Å²) in [4.78, 5) is 27.6. The third-order valence-electron chi connectivity index (χ3n) is 4.15. The largest absolute Gasteiger partial charge is 0.465 e. The predicted octanol–water partition coefficient (Wildman–Crippen LogP) is 3.86. The summed E-state index contributed by atoms with van der Waals surface area (Å²) in [7, 11) is 1.33. The van der Waals surface area contributed by atoms with Gasteiger partial charge in [0.15, 0.2) is 0 Å². The molecule has 0 saturated heterocycles. The molecule has 0 bridgehead atoms. The van der Waals surface area contributed by atoms with Crippen molar-refractivity contribution in [2.45, 2.75) is 32.4 Å². The summed E-state index contributed by atoms with van der Waals surface area (Å²) in [5.74, 6) is 0.315. The first kappa shape index (κ1) is 21.0. The summed E-state index contributed by atoms with van der Waals surface area (Å²) >= 11 is 1.55. The van der Waals surface area contributed by atoms with Crippen LogP contribution in [0.1, 0.15) is 51.0 Å². The van der Waals surface area contributed by atoms with Gasteiger partial charge in [-0.15, -0.1) is 0 Å². The molecule has 1 amide bonds. The molecular weight excluding hydrogens is 367 g/mol. The lowest BCUT2D eigenvalue weighted by Crippen LogP contribution is -2.27. The van der Waals surface area contributed by atoms with Crippen LogP contribution in [0.5, 0.6) is 0 Å². The second-order valence-electron chi connectivity index (χ2n) is 6.12. The molecule has 2 aromatic rings. The van der Waals surface area contributed by atoms with Crippen molar-refractivity contribution < 1.29 is 18.7 Å². The highest BCUT2D eigenvalue weighted by Crippen LogP contribution is 2.22. The van der Waals surface area contributed by atoms with Gasteiger partial charge in [-0.25, -0.2) is 9.18 Å². The SMILES string of the molecule is CCCc1c(C(=O)NCCSCc2ccccc2F)[nH]c(C)c1C(=O)OC. The quantitative estimate of drug-likeness (QED) is 0.502. The Balaban J connectivity index is 1.93. The number of aromatic nitrogens is 1. The zero-order chi connectivity index (χ0) is 19.8. The number of aromatic amines is 1. The van der Waals surface area contributed by atoms with Crippen molar-refractivity contribution in [2.24, 2.45) is 0 Å². The molecule has 0 radical (unpaired) electrons. The number of benzene rings is 1. The van der Waals surface area contributed by atoms with Crippen molar-refractivity contribution in [1.29, 1.82) is 0 Å². The van der Waals surface area contributed by atoms with Gasteiger partial charge in [-0.3, -0.25) is 4.79 Å². The van der Waals surface area contributed by atoms with Crippen LogP contribution < -0.4 is 5.32 Å². The summed E-state index contributed by atoms with van der Waals surface area (Å²) in [6.45, 7) is 4.20. The summed E-state index contributed by atoms with van der Waals surface area (Å²) < 4.78 is 18.4. The Morgan fingerprint density at radius 1 is 1.30 bits per heavy atom. The molecule has 146 valence electrons. The van der Waals surface area contributed by atoms with Crippen molar-refractivity contribution in [3.8, 4) is 0 Å². The molecule has 0 aliphatic carbocycles. The molecule has 1 aromatic heterocycles. The molecule has 1 aromatic carbocycles. The van der Waals surface area contributed by atoms with Gasteiger partial charge in [0, 0.05) is 23.7 Å². The predicted molar refractivity (Wildman–Crippen MR) is 106 cm³/mol. The van der Waals surface area contributed by atoms with E-state index in [1.807, 2.05) is 13.0 Å². The van der Waals surface area contributed by atoms with Crippen molar-refractivity contribution >= 4 is 23.6 Å². The normalized spacial score (nSPS) is 10.7. The van der Waals surface area contributed by atoms with Gasteiger partial charge in [0.05, 0.1) is 12.7 Å². The number of methoxy groups -OCH3 is 1. The number of aryl methyl sites for hydroxylation is 1. The summed E-state index contributed by atoms with van der Waals surface area (Å²) in [5, 5.41) is 2.86.